The molecule has 1 atom stereocenters. The number of nitrogens with one attached hydrogen (secondary N) is 2. The average Bonchev–Trinajstić information content (AvgIpc) is 2.45. The van der Waals surface area contributed by atoms with Crippen molar-refractivity contribution in [1.29, 1.82) is 0 Å². The molecule has 3 amide bonds. The lowest BCUT2D eigenvalue weighted by Crippen LogP contribution is -2.50. The monoisotopic (exact) mass is 276 g/mol. The molecule has 0 radical (unpaired) electrons. The van der Waals surface area contributed by atoms with Gasteiger partial charge in [0.2, 0.25) is 5.91 Å². The van der Waals surface area contributed by atoms with Crippen molar-refractivity contribution in [2.45, 2.75) is 25.9 Å². The van der Waals surface area contributed by atoms with Crippen LogP contribution in [0.25, 0.3) is 0 Å². The van der Waals surface area contributed by atoms with Crippen LogP contribution in [0.1, 0.15) is 18.1 Å². The summed E-state index contributed by atoms with van der Waals surface area (Å²) in [4.78, 5) is 25.2. The SMILES string of the molecule is CNC(=O)NC(=O)C(C)N1CCc2ccc(N)cc2C1. The number of benzene rings is 1. The number of imide groups is 1. The number of anilines is 1. The molecule has 0 aromatic heterocycles. The van der Waals surface area contributed by atoms with Crippen molar-refractivity contribution in [2.75, 3.05) is 19.3 Å². The Kier molecular flexibility index (Phi) is 4.24. The Labute approximate surface area is 118 Å². The first-order valence-corrected chi connectivity index (χ1v) is 6.65. The number of nitrogens with two attached hydrogens (primary N) is 1. The van der Waals surface area contributed by atoms with E-state index in [2.05, 4.69) is 10.6 Å². The van der Waals surface area contributed by atoms with Crippen molar-refractivity contribution in [3.8, 4) is 0 Å². The number of fused-ring (bicyclic) bond motifs is 1. The molecule has 2 rings (SSSR count). The van der Waals surface area contributed by atoms with Gasteiger partial charge in [-0.25, -0.2) is 4.79 Å². The van der Waals surface area contributed by atoms with Crippen LogP contribution in [0.5, 0.6) is 0 Å². The zero-order valence-corrected chi connectivity index (χ0v) is 11.8. The minimum atomic E-state index is -0.483. The predicted molar refractivity (Wildman–Crippen MR) is 77.0 cm³/mol. The molecular formula is C14H20N4O2. The molecule has 4 N–H and O–H groups in total. The topological polar surface area (TPSA) is 87.5 Å². The normalized spacial score (nSPS) is 16.1. The Hall–Kier alpha value is -2.08. The maximum absolute atomic E-state index is 12.0. The van der Waals surface area contributed by atoms with Crippen LogP contribution < -0.4 is 16.4 Å². The van der Waals surface area contributed by atoms with Gasteiger partial charge in [0.05, 0.1) is 6.04 Å². The molecule has 0 spiro atoms. The largest absolute Gasteiger partial charge is 0.399 e. The summed E-state index contributed by atoms with van der Waals surface area (Å²) < 4.78 is 0. The molecule has 0 bridgehead atoms. The fraction of sp³-hybridized carbons (Fsp3) is 0.429. The van der Waals surface area contributed by atoms with E-state index in [1.54, 1.807) is 6.92 Å². The van der Waals surface area contributed by atoms with E-state index in [0.29, 0.717) is 6.54 Å². The van der Waals surface area contributed by atoms with E-state index in [9.17, 15) is 9.59 Å². The summed E-state index contributed by atoms with van der Waals surface area (Å²) in [5.74, 6) is -0.295. The highest BCUT2D eigenvalue weighted by atomic mass is 16.2. The number of carbonyl (C=O) groups excluding carboxylic acids is 2. The minimum absolute atomic E-state index is 0.295. The van der Waals surface area contributed by atoms with E-state index < -0.39 is 6.03 Å². The zero-order chi connectivity index (χ0) is 14.7. The van der Waals surface area contributed by atoms with Crippen LogP contribution in [0.3, 0.4) is 0 Å². The van der Waals surface area contributed by atoms with Crippen molar-refractivity contribution in [1.82, 2.24) is 15.5 Å². The number of rotatable bonds is 2. The van der Waals surface area contributed by atoms with Crippen molar-refractivity contribution >= 4 is 17.6 Å². The molecule has 6 nitrogen and oxygen atoms in total. The molecule has 0 saturated carbocycles. The summed E-state index contributed by atoms with van der Waals surface area (Å²) in [6.07, 6.45) is 0.882. The number of urea groups is 1. The molecule has 0 fully saturated rings. The van der Waals surface area contributed by atoms with Crippen LogP contribution in [0.2, 0.25) is 0 Å². The molecule has 20 heavy (non-hydrogen) atoms. The van der Waals surface area contributed by atoms with Gasteiger partial charge in [-0.3, -0.25) is 15.0 Å². The van der Waals surface area contributed by atoms with Gasteiger partial charge in [0.25, 0.3) is 0 Å². The maximum Gasteiger partial charge on any atom is 0.321 e. The second-order valence-electron chi connectivity index (χ2n) is 4.99. The Balaban J connectivity index is 2.04. The van der Waals surface area contributed by atoms with Crippen molar-refractivity contribution in [3.63, 3.8) is 0 Å². The Bertz CT molecular complexity index is 530. The molecule has 1 heterocycles. The molecule has 1 aromatic carbocycles. The van der Waals surface area contributed by atoms with Gasteiger partial charge in [-0.15, -0.1) is 0 Å². The van der Waals surface area contributed by atoms with Crippen LogP contribution in [0.4, 0.5) is 10.5 Å². The third-order valence-electron chi connectivity index (χ3n) is 3.66. The Morgan fingerprint density at radius 2 is 2.10 bits per heavy atom. The molecule has 0 aliphatic carbocycles. The molecule has 1 unspecified atom stereocenters. The van der Waals surface area contributed by atoms with Gasteiger partial charge in [0, 0.05) is 25.8 Å². The van der Waals surface area contributed by atoms with Crippen molar-refractivity contribution in [2.24, 2.45) is 0 Å². The van der Waals surface area contributed by atoms with Crippen LogP contribution in [0.15, 0.2) is 18.2 Å². The van der Waals surface area contributed by atoms with E-state index in [0.717, 1.165) is 24.2 Å². The standard InChI is InChI=1S/C14H20N4O2/c1-9(13(19)17-14(20)16-2)18-6-5-10-3-4-12(15)7-11(10)8-18/h3-4,7,9H,5-6,8,15H2,1-2H3,(H2,16,17,19,20). The first-order chi connectivity index (χ1) is 9.51. The summed E-state index contributed by atoms with van der Waals surface area (Å²) in [7, 11) is 1.48. The third kappa shape index (κ3) is 3.08. The maximum atomic E-state index is 12.0. The van der Waals surface area contributed by atoms with E-state index in [1.807, 2.05) is 23.1 Å². The molecule has 0 saturated heterocycles. The highest BCUT2D eigenvalue weighted by Crippen LogP contribution is 2.22. The van der Waals surface area contributed by atoms with Gasteiger partial charge >= 0.3 is 6.03 Å². The Morgan fingerprint density at radius 3 is 2.80 bits per heavy atom. The van der Waals surface area contributed by atoms with Crippen molar-refractivity contribution in [3.05, 3.63) is 29.3 Å². The minimum Gasteiger partial charge on any atom is -0.399 e. The van der Waals surface area contributed by atoms with Gasteiger partial charge in [0.1, 0.15) is 0 Å². The fourth-order valence-electron chi connectivity index (χ4n) is 2.37. The number of hydrogen-bond acceptors (Lipinski definition) is 4. The quantitative estimate of drug-likeness (QED) is 0.685. The first-order valence-electron chi connectivity index (χ1n) is 6.65. The first kappa shape index (κ1) is 14.3. The summed E-state index contributed by atoms with van der Waals surface area (Å²) in [5.41, 5.74) is 8.95. The summed E-state index contributed by atoms with van der Waals surface area (Å²) in [6, 6.07) is 5.05. The van der Waals surface area contributed by atoms with E-state index in [1.165, 1.54) is 12.6 Å². The van der Waals surface area contributed by atoms with E-state index in [-0.39, 0.29) is 11.9 Å². The third-order valence-corrected chi connectivity index (χ3v) is 3.66. The fourth-order valence-corrected chi connectivity index (χ4v) is 2.37. The highest BCUT2D eigenvalue weighted by Gasteiger charge is 2.26. The lowest BCUT2D eigenvalue weighted by atomic mass is 9.98. The smallest absolute Gasteiger partial charge is 0.321 e. The van der Waals surface area contributed by atoms with E-state index in [4.69, 9.17) is 5.73 Å². The molecule has 1 aromatic rings. The number of nitrogen functional groups attached to an aromatic ring is 1. The number of nitrogens with zero attached hydrogens (tertiary/aromatic N) is 1. The van der Waals surface area contributed by atoms with Crippen LogP contribution in [-0.4, -0.2) is 36.5 Å². The van der Waals surface area contributed by atoms with E-state index >= 15 is 0 Å². The van der Waals surface area contributed by atoms with Crippen LogP contribution in [0, 0.1) is 0 Å². The van der Waals surface area contributed by atoms with Crippen molar-refractivity contribution < 1.29 is 9.59 Å². The van der Waals surface area contributed by atoms with Gasteiger partial charge in [-0.1, -0.05) is 6.07 Å². The molecule has 1 aliphatic rings. The number of amides is 3. The van der Waals surface area contributed by atoms with Gasteiger partial charge in [-0.05, 0) is 36.6 Å². The molecule has 108 valence electrons. The molecular weight excluding hydrogens is 256 g/mol. The second-order valence-corrected chi connectivity index (χ2v) is 4.99. The summed E-state index contributed by atoms with van der Waals surface area (Å²) in [5, 5.41) is 4.68. The average molecular weight is 276 g/mol. The van der Waals surface area contributed by atoms with Gasteiger partial charge in [-0.2, -0.15) is 0 Å². The summed E-state index contributed by atoms with van der Waals surface area (Å²) >= 11 is 0. The molecule has 6 heteroatoms. The lowest BCUT2D eigenvalue weighted by Gasteiger charge is -2.32. The summed E-state index contributed by atoms with van der Waals surface area (Å²) in [6.45, 7) is 3.26. The molecule has 1 aliphatic heterocycles. The number of hydrogen-bond donors (Lipinski definition) is 3. The van der Waals surface area contributed by atoms with Gasteiger partial charge < -0.3 is 11.1 Å². The zero-order valence-electron chi connectivity index (χ0n) is 11.8. The van der Waals surface area contributed by atoms with Gasteiger partial charge in [0.15, 0.2) is 0 Å². The van der Waals surface area contributed by atoms with Crippen LogP contribution in [-0.2, 0) is 17.8 Å². The highest BCUT2D eigenvalue weighted by molar-refractivity contribution is 5.96. The number of carbonyl (C=O) groups is 2. The lowest BCUT2D eigenvalue weighted by molar-refractivity contribution is -0.125. The Morgan fingerprint density at radius 1 is 1.35 bits per heavy atom. The second kappa shape index (κ2) is 5.92. The van der Waals surface area contributed by atoms with Crippen LogP contribution >= 0.6 is 0 Å². The predicted octanol–water partition coefficient (Wildman–Crippen LogP) is 0.471.